The molecule has 5 rings (SSSR count). The molecule has 0 unspecified atom stereocenters. The Labute approximate surface area is 203 Å². The number of nitrogens with one attached hydrogen (secondary N) is 2. The summed E-state index contributed by atoms with van der Waals surface area (Å²) in [5, 5.41) is 5.81. The average Bonchev–Trinajstić information content (AvgIpc) is 3.59. The van der Waals surface area contributed by atoms with Crippen LogP contribution in [0.25, 0.3) is 0 Å². The van der Waals surface area contributed by atoms with Crippen LogP contribution in [-0.2, 0) is 24.4 Å². The predicted molar refractivity (Wildman–Crippen MR) is 128 cm³/mol. The molecule has 1 fully saturated rings. The lowest BCUT2D eigenvalue weighted by molar-refractivity contribution is -0.133. The maximum atomic E-state index is 13.7. The molecule has 1 saturated carbocycles. The van der Waals surface area contributed by atoms with E-state index in [2.05, 4.69) is 20.6 Å². The van der Waals surface area contributed by atoms with E-state index in [4.69, 9.17) is 0 Å². The largest absolute Gasteiger partial charge is 0.350 e. The topological polar surface area (TPSA) is 109 Å². The second-order valence-electron chi connectivity index (χ2n) is 9.43. The first-order chi connectivity index (χ1) is 16.9. The molecule has 0 radical (unpaired) electrons. The molecule has 1 aliphatic heterocycles. The summed E-state index contributed by atoms with van der Waals surface area (Å²) in [5.41, 5.74) is 2.03. The Morgan fingerprint density at radius 3 is 2.63 bits per heavy atom. The molecule has 3 aromatic rings. The van der Waals surface area contributed by atoms with Gasteiger partial charge in [-0.05, 0) is 44.4 Å². The number of amides is 3. The molecule has 3 heterocycles. The van der Waals surface area contributed by atoms with E-state index in [0.29, 0.717) is 12.2 Å². The van der Waals surface area contributed by atoms with Crippen LogP contribution in [0.15, 0.2) is 55.0 Å². The number of nitrogens with zero attached hydrogens (tertiary/aromatic N) is 4. The van der Waals surface area contributed by atoms with Gasteiger partial charge in [0.1, 0.15) is 11.2 Å². The van der Waals surface area contributed by atoms with E-state index in [1.54, 1.807) is 28.7 Å². The predicted octanol–water partition coefficient (Wildman–Crippen LogP) is 2.21. The van der Waals surface area contributed by atoms with Crippen molar-refractivity contribution in [3.63, 3.8) is 0 Å². The third kappa shape index (κ3) is 4.41. The van der Waals surface area contributed by atoms with Gasteiger partial charge in [0.2, 0.25) is 5.91 Å². The molecule has 9 nitrogen and oxygen atoms in total. The van der Waals surface area contributed by atoms with Crippen LogP contribution >= 0.6 is 0 Å². The molecular weight excluding hydrogens is 444 g/mol. The summed E-state index contributed by atoms with van der Waals surface area (Å²) in [6.45, 7) is 4.63. The van der Waals surface area contributed by atoms with Crippen LogP contribution in [0.5, 0.6) is 0 Å². The van der Waals surface area contributed by atoms with E-state index in [-0.39, 0.29) is 42.3 Å². The number of rotatable bonds is 7. The summed E-state index contributed by atoms with van der Waals surface area (Å²) in [6, 6.07) is 13.4. The van der Waals surface area contributed by atoms with Crippen molar-refractivity contribution < 1.29 is 14.4 Å². The van der Waals surface area contributed by atoms with Crippen LogP contribution in [0, 0.1) is 6.92 Å². The van der Waals surface area contributed by atoms with Crippen LogP contribution in [0.4, 0.5) is 0 Å². The molecule has 3 amide bonds. The Morgan fingerprint density at radius 2 is 1.91 bits per heavy atom. The van der Waals surface area contributed by atoms with Crippen molar-refractivity contribution in [2.45, 2.75) is 57.9 Å². The van der Waals surface area contributed by atoms with E-state index in [9.17, 15) is 14.4 Å². The van der Waals surface area contributed by atoms with Crippen molar-refractivity contribution in [2.75, 3.05) is 0 Å². The standard InChI is InChI=1S/C26H28N6O3/c1-17-6-5-7-18(12-17)13-29-25(35)26(2)15-31-16-30-21(22(31)24(34)32(26)20-9-10-20)23(33)28-14-19-8-3-4-11-27-19/h3-8,11-12,16,20H,9-10,13-15H2,1-2H3,(H,28,33)(H,29,35)/t26-/m1/s1. The molecule has 35 heavy (non-hydrogen) atoms. The van der Waals surface area contributed by atoms with Crippen molar-refractivity contribution >= 4 is 17.7 Å². The smallest absolute Gasteiger partial charge is 0.274 e. The lowest BCUT2D eigenvalue weighted by Gasteiger charge is -2.44. The van der Waals surface area contributed by atoms with Gasteiger partial charge in [0.05, 0.1) is 25.1 Å². The quantitative estimate of drug-likeness (QED) is 0.548. The molecule has 1 aromatic carbocycles. The van der Waals surface area contributed by atoms with Crippen molar-refractivity contribution in [1.82, 2.24) is 30.1 Å². The number of aryl methyl sites for hydroxylation is 1. The van der Waals surface area contributed by atoms with Crippen molar-refractivity contribution in [1.29, 1.82) is 0 Å². The highest BCUT2D eigenvalue weighted by molar-refractivity contribution is 6.07. The van der Waals surface area contributed by atoms with Crippen LogP contribution in [0.1, 0.15) is 57.6 Å². The first-order valence-electron chi connectivity index (χ1n) is 11.8. The van der Waals surface area contributed by atoms with E-state index in [1.165, 1.54) is 6.33 Å². The highest BCUT2D eigenvalue weighted by Gasteiger charge is 2.53. The highest BCUT2D eigenvalue weighted by atomic mass is 16.2. The number of benzene rings is 1. The van der Waals surface area contributed by atoms with E-state index in [0.717, 1.165) is 24.0 Å². The minimum atomic E-state index is -1.09. The van der Waals surface area contributed by atoms with E-state index < -0.39 is 11.4 Å². The minimum absolute atomic E-state index is 0.0229. The highest BCUT2D eigenvalue weighted by Crippen LogP contribution is 2.38. The average molecular weight is 473 g/mol. The maximum Gasteiger partial charge on any atom is 0.274 e. The fraction of sp³-hybridized carbons (Fsp3) is 0.346. The molecule has 0 saturated heterocycles. The number of hydrogen-bond acceptors (Lipinski definition) is 5. The van der Waals surface area contributed by atoms with Gasteiger partial charge < -0.3 is 20.1 Å². The van der Waals surface area contributed by atoms with Crippen molar-refractivity contribution in [3.8, 4) is 0 Å². The van der Waals surface area contributed by atoms with Gasteiger partial charge in [0.25, 0.3) is 11.8 Å². The van der Waals surface area contributed by atoms with Gasteiger partial charge in [0, 0.05) is 18.8 Å². The van der Waals surface area contributed by atoms with Crippen molar-refractivity contribution in [2.24, 2.45) is 0 Å². The summed E-state index contributed by atoms with van der Waals surface area (Å²) in [4.78, 5) is 50.2. The molecule has 0 spiro atoms. The first-order valence-corrected chi connectivity index (χ1v) is 11.8. The first kappa shape index (κ1) is 22.8. The monoisotopic (exact) mass is 472 g/mol. The van der Waals surface area contributed by atoms with Gasteiger partial charge in [-0.1, -0.05) is 35.9 Å². The maximum absolute atomic E-state index is 13.7. The third-order valence-electron chi connectivity index (χ3n) is 6.58. The molecule has 2 aliphatic rings. The van der Waals surface area contributed by atoms with E-state index >= 15 is 0 Å². The fourth-order valence-electron chi connectivity index (χ4n) is 4.67. The molecule has 2 aromatic heterocycles. The number of fused-ring (bicyclic) bond motifs is 1. The zero-order valence-electron chi connectivity index (χ0n) is 19.8. The van der Waals surface area contributed by atoms with Crippen LogP contribution < -0.4 is 10.6 Å². The fourth-order valence-corrected chi connectivity index (χ4v) is 4.67. The Hall–Kier alpha value is -4.01. The van der Waals surface area contributed by atoms with Gasteiger partial charge in [-0.2, -0.15) is 0 Å². The third-order valence-corrected chi connectivity index (χ3v) is 6.58. The Morgan fingerprint density at radius 1 is 1.09 bits per heavy atom. The Balaban J connectivity index is 1.37. The van der Waals surface area contributed by atoms with Crippen LogP contribution in [-0.4, -0.2) is 48.7 Å². The molecule has 1 aliphatic carbocycles. The van der Waals surface area contributed by atoms with Crippen LogP contribution in [0.2, 0.25) is 0 Å². The normalized spacial score (nSPS) is 19.3. The molecular formula is C26H28N6O3. The number of aromatic nitrogens is 3. The summed E-state index contributed by atoms with van der Waals surface area (Å²) >= 11 is 0. The van der Waals surface area contributed by atoms with Gasteiger partial charge in [-0.25, -0.2) is 4.98 Å². The number of pyridine rings is 1. The van der Waals surface area contributed by atoms with Gasteiger partial charge in [-0.15, -0.1) is 0 Å². The Bertz CT molecular complexity index is 1280. The lowest BCUT2D eigenvalue weighted by Crippen LogP contribution is -2.64. The number of carbonyl (C=O) groups is 3. The second-order valence-corrected chi connectivity index (χ2v) is 9.43. The number of carbonyl (C=O) groups excluding carboxylic acids is 3. The molecule has 9 heteroatoms. The molecule has 2 N–H and O–H groups in total. The summed E-state index contributed by atoms with van der Waals surface area (Å²) < 4.78 is 1.63. The molecule has 180 valence electrons. The zero-order valence-corrected chi connectivity index (χ0v) is 19.8. The second kappa shape index (κ2) is 8.98. The van der Waals surface area contributed by atoms with Crippen molar-refractivity contribution in [3.05, 3.63) is 83.2 Å². The zero-order chi connectivity index (χ0) is 24.6. The van der Waals surface area contributed by atoms with E-state index in [1.807, 2.05) is 43.3 Å². The molecule has 1 atom stereocenters. The Kier molecular flexibility index (Phi) is 5.84. The van der Waals surface area contributed by atoms with Gasteiger partial charge >= 0.3 is 0 Å². The van der Waals surface area contributed by atoms with Gasteiger partial charge in [-0.3, -0.25) is 19.4 Å². The van der Waals surface area contributed by atoms with Crippen LogP contribution in [0.3, 0.4) is 0 Å². The number of imidazole rings is 1. The SMILES string of the molecule is Cc1cccc(CNC(=O)[C@@]2(C)Cn3cnc(C(=O)NCc4ccccn4)c3C(=O)N2C2CC2)c1. The number of hydrogen-bond donors (Lipinski definition) is 2. The molecule has 0 bridgehead atoms. The van der Waals surface area contributed by atoms with Gasteiger partial charge in [0.15, 0.2) is 5.69 Å². The lowest BCUT2D eigenvalue weighted by atomic mass is 9.93. The minimum Gasteiger partial charge on any atom is -0.350 e. The summed E-state index contributed by atoms with van der Waals surface area (Å²) in [5.74, 6) is -1.01. The summed E-state index contributed by atoms with van der Waals surface area (Å²) in [6.07, 6.45) is 4.80. The summed E-state index contributed by atoms with van der Waals surface area (Å²) in [7, 11) is 0.